The molecule has 9 heteroatoms. The second-order valence-corrected chi connectivity index (χ2v) is 8.55. The lowest BCUT2D eigenvalue weighted by Crippen LogP contribution is -2.38. The predicted molar refractivity (Wildman–Crippen MR) is 110 cm³/mol. The molecular weight excluding hydrogens is 454 g/mol. The lowest BCUT2D eigenvalue weighted by atomic mass is 9.63. The van der Waals surface area contributed by atoms with Crippen molar-refractivity contribution < 1.29 is 18.9 Å². The molecule has 2 heterocycles. The number of amides is 2. The van der Waals surface area contributed by atoms with Crippen LogP contribution in [0.2, 0.25) is 0 Å². The Hall–Kier alpha value is -3.07. The Morgan fingerprint density at radius 1 is 1.10 bits per heavy atom. The number of nitro benzene ring substituents is 1. The Morgan fingerprint density at radius 2 is 1.77 bits per heavy atom. The zero-order valence-electron chi connectivity index (χ0n) is 15.6. The van der Waals surface area contributed by atoms with E-state index in [1.807, 2.05) is 0 Å². The van der Waals surface area contributed by atoms with Crippen molar-refractivity contribution in [3.63, 3.8) is 0 Å². The smallest absolute Gasteiger partial charge is 0.270 e. The molecule has 1 saturated carbocycles. The fraction of sp³-hybridized carbons (Fsp3) is 0.286. The van der Waals surface area contributed by atoms with Gasteiger partial charge in [0.15, 0.2) is 0 Å². The fourth-order valence-electron chi connectivity index (χ4n) is 4.67. The number of hydrazone groups is 1. The van der Waals surface area contributed by atoms with Crippen LogP contribution >= 0.6 is 15.9 Å². The van der Waals surface area contributed by atoms with Crippen molar-refractivity contribution in [1.82, 2.24) is 5.01 Å². The Balaban J connectivity index is 1.36. The Kier molecular flexibility index (Phi) is 4.43. The van der Waals surface area contributed by atoms with Crippen LogP contribution in [0.5, 0.6) is 0 Å². The van der Waals surface area contributed by atoms with Gasteiger partial charge < -0.3 is 4.42 Å². The highest BCUT2D eigenvalue weighted by molar-refractivity contribution is 9.10. The number of imide groups is 1. The third-order valence-corrected chi connectivity index (χ3v) is 6.75. The third kappa shape index (κ3) is 2.92. The molecule has 30 heavy (non-hydrogen) atoms. The maximum Gasteiger partial charge on any atom is 0.270 e. The molecule has 0 radical (unpaired) electrons. The summed E-state index contributed by atoms with van der Waals surface area (Å²) in [5.74, 6) is -0.0172. The maximum atomic E-state index is 12.8. The third-order valence-electron chi connectivity index (χ3n) is 6.09. The summed E-state index contributed by atoms with van der Waals surface area (Å²) in [5.41, 5.74) is 0.609. The van der Waals surface area contributed by atoms with Crippen molar-refractivity contribution in [3.05, 3.63) is 62.8 Å². The van der Waals surface area contributed by atoms with Crippen LogP contribution < -0.4 is 0 Å². The van der Waals surface area contributed by atoms with Gasteiger partial charge in [-0.25, -0.2) is 0 Å². The number of allylic oxidation sites excluding steroid dienone is 2. The normalized spacial score (nSPS) is 27.3. The number of carbonyl (C=O) groups is 2. The first kappa shape index (κ1) is 18.9. The van der Waals surface area contributed by atoms with E-state index >= 15 is 0 Å². The number of fused-ring (bicyclic) bond motifs is 1. The summed E-state index contributed by atoms with van der Waals surface area (Å²) in [6.45, 7) is 0. The number of benzene rings is 1. The molecule has 1 aliphatic heterocycles. The van der Waals surface area contributed by atoms with Gasteiger partial charge in [0.1, 0.15) is 11.5 Å². The number of nitrogens with zero attached hydrogens (tertiary/aromatic N) is 3. The molecule has 0 unspecified atom stereocenters. The lowest BCUT2D eigenvalue weighted by Gasteiger charge is -2.37. The van der Waals surface area contributed by atoms with Crippen molar-refractivity contribution in [2.24, 2.45) is 28.8 Å². The van der Waals surface area contributed by atoms with Crippen LogP contribution in [0.1, 0.15) is 18.6 Å². The zero-order valence-corrected chi connectivity index (χ0v) is 17.2. The molecule has 6 rings (SSSR count). The van der Waals surface area contributed by atoms with Crippen LogP contribution in [0.25, 0.3) is 11.3 Å². The molecule has 3 aliphatic carbocycles. The van der Waals surface area contributed by atoms with Gasteiger partial charge in [-0.2, -0.15) is 10.1 Å². The molecule has 1 aromatic heterocycles. The van der Waals surface area contributed by atoms with Crippen molar-refractivity contribution in [2.45, 2.75) is 12.8 Å². The number of hydrogen-bond donors (Lipinski definition) is 0. The first-order chi connectivity index (χ1) is 14.4. The molecule has 152 valence electrons. The molecule has 2 aromatic rings. The first-order valence-electron chi connectivity index (χ1n) is 9.58. The number of carbonyl (C=O) groups excluding carboxylic acids is 2. The molecule has 4 atom stereocenters. The van der Waals surface area contributed by atoms with E-state index in [1.54, 1.807) is 18.2 Å². The molecule has 0 spiro atoms. The summed E-state index contributed by atoms with van der Waals surface area (Å²) in [7, 11) is 0. The molecule has 8 nitrogen and oxygen atoms in total. The van der Waals surface area contributed by atoms with Gasteiger partial charge in [0.25, 0.3) is 17.5 Å². The minimum absolute atomic E-state index is 0.0325. The largest absolute Gasteiger partial charge is 0.455 e. The zero-order chi connectivity index (χ0) is 21.0. The highest BCUT2D eigenvalue weighted by atomic mass is 79.9. The molecule has 0 N–H and O–H groups in total. The summed E-state index contributed by atoms with van der Waals surface area (Å²) in [4.78, 5) is 36.0. The summed E-state index contributed by atoms with van der Waals surface area (Å²) in [6.07, 6.45) is 7.35. The predicted octanol–water partition coefficient (Wildman–Crippen LogP) is 4.15. The number of furan rings is 1. The van der Waals surface area contributed by atoms with E-state index in [9.17, 15) is 19.7 Å². The van der Waals surface area contributed by atoms with Crippen LogP contribution in [-0.2, 0) is 9.59 Å². The molecule has 2 amide bonds. The average Bonchev–Trinajstić information content (AvgIpc) is 3.31. The highest BCUT2D eigenvalue weighted by Gasteiger charge is 2.56. The Morgan fingerprint density at radius 3 is 2.33 bits per heavy atom. The Bertz CT molecular complexity index is 1110. The van der Waals surface area contributed by atoms with Gasteiger partial charge in [0.05, 0.1) is 23.0 Å². The van der Waals surface area contributed by atoms with Crippen LogP contribution in [-0.4, -0.2) is 28.0 Å². The fourth-order valence-corrected chi connectivity index (χ4v) is 5.23. The maximum absolute atomic E-state index is 12.8. The number of nitro groups is 1. The van der Waals surface area contributed by atoms with Crippen molar-refractivity contribution in [1.29, 1.82) is 0 Å². The summed E-state index contributed by atoms with van der Waals surface area (Å²) < 4.78 is 6.26. The molecule has 4 aliphatic rings. The number of hydrogen-bond acceptors (Lipinski definition) is 6. The number of non-ortho nitro benzene ring substituents is 1. The minimum atomic E-state index is -0.474. The average molecular weight is 470 g/mol. The van der Waals surface area contributed by atoms with Crippen LogP contribution in [0.4, 0.5) is 5.69 Å². The van der Waals surface area contributed by atoms with E-state index in [2.05, 4.69) is 33.2 Å². The SMILES string of the molecule is O=C1[C@H]2[C@H](C(=O)N1/N=C\c1ccc(-c3ccc([N+](=O)[O-])cc3Br)o1)[C@H]1C=C[C@H]2CC1. The van der Waals surface area contributed by atoms with E-state index in [0.717, 1.165) is 17.9 Å². The van der Waals surface area contributed by atoms with Crippen molar-refractivity contribution >= 4 is 39.6 Å². The second kappa shape index (κ2) is 7.02. The molecule has 1 saturated heterocycles. The van der Waals surface area contributed by atoms with Gasteiger partial charge in [0, 0.05) is 22.2 Å². The molecule has 1 aromatic carbocycles. The first-order valence-corrected chi connectivity index (χ1v) is 10.4. The van der Waals surface area contributed by atoms with Crippen LogP contribution in [0.15, 0.2) is 56.5 Å². The van der Waals surface area contributed by atoms with Gasteiger partial charge in [-0.05, 0) is 58.8 Å². The van der Waals surface area contributed by atoms with Crippen LogP contribution in [0.3, 0.4) is 0 Å². The van der Waals surface area contributed by atoms with Crippen molar-refractivity contribution in [2.75, 3.05) is 0 Å². The van der Waals surface area contributed by atoms with Crippen molar-refractivity contribution in [3.8, 4) is 11.3 Å². The molecule has 2 fully saturated rings. The van der Waals surface area contributed by atoms with Gasteiger partial charge in [0.2, 0.25) is 0 Å². The van der Waals surface area contributed by atoms with Crippen LogP contribution in [0, 0.1) is 33.8 Å². The lowest BCUT2D eigenvalue weighted by molar-refractivity contribution is -0.384. The van der Waals surface area contributed by atoms with E-state index in [4.69, 9.17) is 4.42 Å². The quantitative estimate of drug-likeness (QED) is 0.220. The standard InChI is InChI=1S/C21H16BrN3O5/c22-16-9-13(25(28)29)5-7-15(16)17-8-6-14(30-17)10-23-24-20(26)18-11-1-2-12(4-3-11)19(18)21(24)27/h1-2,5-12,18-19H,3-4H2/b23-10-/t11-,12-,18+,19+/m0/s1. The second-order valence-electron chi connectivity index (χ2n) is 7.70. The summed E-state index contributed by atoms with van der Waals surface area (Å²) in [5, 5.41) is 16.0. The van der Waals surface area contributed by atoms with Gasteiger partial charge in [-0.15, -0.1) is 0 Å². The number of rotatable bonds is 4. The monoisotopic (exact) mass is 469 g/mol. The molecular formula is C21H16BrN3O5. The molecule has 2 bridgehead atoms. The minimum Gasteiger partial charge on any atom is -0.455 e. The topological polar surface area (TPSA) is 106 Å². The van der Waals surface area contributed by atoms with Gasteiger partial charge in [-0.3, -0.25) is 19.7 Å². The van der Waals surface area contributed by atoms with E-state index in [1.165, 1.54) is 18.3 Å². The van der Waals surface area contributed by atoms with E-state index < -0.39 is 4.92 Å². The van der Waals surface area contributed by atoms with Gasteiger partial charge in [-0.1, -0.05) is 12.2 Å². The summed E-state index contributed by atoms with van der Waals surface area (Å²) in [6, 6.07) is 7.74. The highest BCUT2D eigenvalue weighted by Crippen LogP contribution is 2.49. The van der Waals surface area contributed by atoms with Gasteiger partial charge >= 0.3 is 0 Å². The van der Waals surface area contributed by atoms with E-state index in [-0.39, 0.29) is 41.2 Å². The number of halogens is 1. The summed E-state index contributed by atoms with van der Waals surface area (Å²) >= 11 is 3.32. The Labute approximate surface area is 179 Å². The van der Waals surface area contributed by atoms with E-state index in [0.29, 0.717) is 21.6 Å².